The first-order valence-electron chi connectivity index (χ1n) is 7.49. The molecule has 1 aliphatic rings. The van der Waals surface area contributed by atoms with Crippen LogP contribution in [0.25, 0.3) is 11.1 Å². The van der Waals surface area contributed by atoms with Gasteiger partial charge in [0.25, 0.3) is 0 Å². The second kappa shape index (κ2) is 6.78. The molecular formula is C18H18N2S. The van der Waals surface area contributed by atoms with Gasteiger partial charge in [0.15, 0.2) is 5.69 Å². The van der Waals surface area contributed by atoms with E-state index >= 15 is 0 Å². The van der Waals surface area contributed by atoms with Crippen molar-refractivity contribution in [2.24, 2.45) is 0 Å². The van der Waals surface area contributed by atoms with Crippen LogP contribution in [0.1, 0.15) is 37.8 Å². The summed E-state index contributed by atoms with van der Waals surface area (Å²) in [4.78, 5) is 5.32. The van der Waals surface area contributed by atoms with E-state index in [0.717, 1.165) is 16.0 Å². The number of nitriles is 1. The summed E-state index contributed by atoms with van der Waals surface area (Å²) in [6.45, 7) is 0. The maximum atomic E-state index is 9.39. The Hall–Kier alpha value is -1.79. The molecule has 1 saturated carbocycles. The molecule has 21 heavy (non-hydrogen) atoms. The van der Waals surface area contributed by atoms with Crippen LogP contribution in [-0.4, -0.2) is 10.2 Å². The van der Waals surface area contributed by atoms with Crippen molar-refractivity contribution in [2.45, 2.75) is 42.2 Å². The van der Waals surface area contributed by atoms with E-state index in [4.69, 9.17) is 0 Å². The van der Waals surface area contributed by atoms with Crippen LogP contribution in [0.3, 0.4) is 0 Å². The Morgan fingerprint density at radius 1 is 1.05 bits per heavy atom. The minimum Gasteiger partial charge on any atom is -0.244 e. The van der Waals surface area contributed by atoms with E-state index in [0.29, 0.717) is 10.9 Å². The topological polar surface area (TPSA) is 36.7 Å². The van der Waals surface area contributed by atoms with Gasteiger partial charge < -0.3 is 0 Å². The van der Waals surface area contributed by atoms with Crippen molar-refractivity contribution >= 4 is 11.8 Å². The van der Waals surface area contributed by atoms with Gasteiger partial charge in [0.05, 0.1) is 4.90 Å². The van der Waals surface area contributed by atoms with Crippen molar-refractivity contribution in [1.82, 2.24) is 4.98 Å². The monoisotopic (exact) mass is 294 g/mol. The average Bonchev–Trinajstić information content (AvgIpc) is 2.57. The summed E-state index contributed by atoms with van der Waals surface area (Å²) in [6, 6.07) is 14.6. The highest BCUT2D eigenvalue weighted by Crippen LogP contribution is 2.39. The minimum absolute atomic E-state index is 0.562. The van der Waals surface area contributed by atoms with Gasteiger partial charge in [-0.05, 0) is 30.0 Å². The second-order valence-corrected chi connectivity index (χ2v) is 6.70. The van der Waals surface area contributed by atoms with Gasteiger partial charge in [0, 0.05) is 11.4 Å². The molecule has 1 aliphatic carbocycles. The third-order valence-electron chi connectivity index (χ3n) is 3.93. The Morgan fingerprint density at radius 3 is 2.52 bits per heavy atom. The summed E-state index contributed by atoms with van der Waals surface area (Å²) in [5.41, 5.74) is 2.86. The predicted octanol–water partition coefficient (Wildman–Crippen LogP) is 5.05. The summed E-state index contributed by atoms with van der Waals surface area (Å²) in [6.07, 6.45) is 8.20. The molecule has 2 nitrogen and oxygen atoms in total. The molecule has 1 aromatic carbocycles. The molecule has 1 heterocycles. The number of hydrogen-bond donors (Lipinski definition) is 0. The van der Waals surface area contributed by atoms with E-state index in [2.05, 4.69) is 23.2 Å². The van der Waals surface area contributed by atoms with Crippen LogP contribution in [0.4, 0.5) is 0 Å². The Labute approximate surface area is 130 Å². The first-order chi connectivity index (χ1) is 10.4. The molecule has 0 spiro atoms. The fourth-order valence-corrected chi connectivity index (χ4v) is 4.27. The van der Waals surface area contributed by atoms with Gasteiger partial charge in [-0.2, -0.15) is 5.26 Å². The molecule has 3 heteroatoms. The lowest BCUT2D eigenvalue weighted by Crippen LogP contribution is -2.08. The number of rotatable bonds is 3. The number of benzene rings is 1. The Morgan fingerprint density at radius 2 is 1.81 bits per heavy atom. The largest absolute Gasteiger partial charge is 0.244 e. The van der Waals surface area contributed by atoms with Gasteiger partial charge >= 0.3 is 0 Å². The highest BCUT2D eigenvalue weighted by Gasteiger charge is 2.19. The second-order valence-electron chi connectivity index (χ2n) is 5.39. The SMILES string of the molecule is N#Cc1nccc(-c2ccccc2)c1SC1CCCCC1. The lowest BCUT2D eigenvalue weighted by atomic mass is 10.0. The molecule has 0 atom stereocenters. The molecule has 0 N–H and O–H groups in total. The van der Waals surface area contributed by atoms with Crippen molar-refractivity contribution < 1.29 is 0 Å². The normalized spacial score (nSPS) is 15.6. The summed E-state index contributed by atoms with van der Waals surface area (Å²) < 4.78 is 0. The van der Waals surface area contributed by atoms with Crippen LogP contribution in [0.5, 0.6) is 0 Å². The fraction of sp³-hybridized carbons (Fsp3) is 0.333. The standard InChI is InChI=1S/C18H18N2S/c19-13-17-18(21-15-9-5-2-6-10-15)16(11-12-20-17)14-7-3-1-4-8-14/h1,3-4,7-8,11-12,15H,2,5-6,9-10H2. The van der Waals surface area contributed by atoms with Crippen LogP contribution in [-0.2, 0) is 0 Å². The molecular weight excluding hydrogens is 276 g/mol. The first kappa shape index (κ1) is 14.2. The maximum Gasteiger partial charge on any atom is 0.154 e. The molecule has 3 rings (SSSR count). The van der Waals surface area contributed by atoms with E-state index in [1.807, 2.05) is 36.0 Å². The van der Waals surface area contributed by atoms with Crippen molar-refractivity contribution in [1.29, 1.82) is 5.26 Å². The van der Waals surface area contributed by atoms with Crippen molar-refractivity contribution in [3.8, 4) is 17.2 Å². The van der Waals surface area contributed by atoms with E-state index < -0.39 is 0 Å². The van der Waals surface area contributed by atoms with Gasteiger partial charge in [-0.15, -0.1) is 11.8 Å². The number of nitrogens with zero attached hydrogens (tertiary/aromatic N) is 2. The molecule has 1 fully saturated rings. The molecule has 106 valence electrons. The first-order valence-corrected chi connectivity index (χ1v) is 8.37. The quantitative estimate of drug-likeness (QED) is 0.795. The van der Waals surface area contributed by atoms with Gasteiger partial charge in [-0.25, -0.2) is 4.98 Å². The lowest BCUT2D eigenvalue weighted by molar-refractivity contribution is 0.516. The summed E-state index contributed by atoms with van der Waals surface area (Å²) in [5.74, 6) is 0. The van der Waals surface area contributed by atoms with Crippen LogP contribution < -0.4 is 0 Å². The van der Waals surface area contributed by atoms with Gasteiger partial charge in [0.1, 0.15) is 6.07 Å². The Balaban J connectivity index is 1.98. The summed E-state index contributed by atoms with van der Waals surface area (Å²) >= 11 is 1.85. The molecule has 0 radical (unpaired) electrons. The number of pyridine rings is 1. The Kier molecular flexibility index (Phi) is 4.57. The van der Waals surface area contributed by atoms with E-state index in [-0.39, 0.29) is 0 Å². The van der Waals surface area contributed by atoms with Gasteiger partial charge in [0.2, 0.25) is 0 Å². The zero-order chi connectivity index (χ0) is 14.5. The highest BCUT2D eigenvalue weighted by molar-refractivity contribution is 8.00. The molecule has 2 aromatic rings. The Bertz CT molecular complexity index is 640. The number of aromatic nitrogens is 1. The minimum atomic E-state index is 0.562. The van der Waals surface area contributed by atoms with E-state index in [1.165, 1.54) is 32.1 Å². The maximum absolute atomic E-state index is 9.39. The fourth-order valence-electron chi connectivity index (χ4n) is 2.84. The van der Waals surface area contributed by atoms with Crippen molar-refractivity contribution in [3.05, 3.63) is 48.3 Å². The zero-order valence-corrected chi connectivity index (χ0v) is 12.8. The zero-order valence-electron chi connectivity index (χ0n) is 12.0. The molecule has 0 bridgehead atoms. The van der Waals surface area contributed by atoms with Crippen molar-refractivity contribution in [2.75, 3.05) is 0 Å². The molecule has 0 saturated heterocycles. The van der Waals surface area contributed by atoms with Crippen LogP contribution in [0, 0.1) is 11.3 Å². The lowest BCUT2D eigenvalue weighted by Gasteiger charge is -2.22. The molecule has 1 aromatic heterocycles. The molecule has 0 amide bonds. The van der Waals surface area contributed by atoms with Crippen LogP contribution in [0.2, 0.25) is 0 Å². The molecule has 0 unspecified atom stereocenters. The van der Waals surface area contributed by atoms with E-state index in [9.17, 15) is 5.26 Å². The van der Waals surface area contributed by atoms with Crippen molar-refractivity contribution in [3.63, 3.8) is 0 Å². The third kappa shape index (κ3) is 3.28. The number of hydrogen-bond acceptors (Lipinski definition) is 3. The smallest absolute Gasteiger partial charge is 0.154 e. The van der Waals surface area contributed by atoms with Crippen LogP contribution in [0.15, 0.2) is 47.5 Å². The summed E-state index contributed by atoms with van der Waals surface area (Å²) in [7, 11) is 0. The number of thioether (sulfide) groups is 1. The van der Waals surface area contributed by atoms with Gasteiger partial charge in [-0.3, -0.25) is 0 Å². The van der Waals surface area contributed by atoms with E-state index in [1.54, 1.807) is 6.20 Å². The highest BCUT2D eigenvalue weighted by atomic mass is 32.2. The predicted molar refractivity (Wildman–Crippen MR) is 87.1 cm³/mol. The van der Waals surface area contributed by atoms with Gasteiger partial charge in [-0.1, -0.05) is 49.6 Å². The molecule has 0 aliphatic heterocycles. The van der Waals surface area contributed by atoms with Crippen LogP contribution >= 0.6 is 11.8 Å². The third-order valence-corrected chi connectivity index (χ3v) is 5.39. The average molecular weight is 294 g/mol. The summed E-state index contributed by atoms with van der Waals surface area (Å²) in [5, 5.41) is 10.0.